The highest BCUT2D eigenvalue weighted by Gasteiger charge is 2.56. The van der Waals surface area contributed by atoms with Gasteiger partial charge in [-0.1, -0.05) is 61.0 Å². The number of aliphatic hydroxyl groups excluding tert-OH is 1. The Hall–Kier alpha value is -2.17. The van der Waals surface area contributed by atoms with E-state index < -0.39 is 14.6 Å². The number of aliphatic hydroxyl groups is 1. The van der Waals surface area contributed by atoms with E-state index in [1.165, 1.54) is 0 Å². The largest absolute Gasteiger partial charge is 0.392 e. The minimum absolute atomic E-state index is 0.0759. The second-order valence-corrected chi connectivity index (χ2v) is 9.67. The molecule has 2 aromatic carbocycles. The van der Waals surface area contributed by atoms with Gasteiger partial charge in [-0.25, -0.2) is 8.42 Å². The third-order valence-electron chi connectivity index (χ3n) is 5.81. The molecular formula is C23H24O3S. The highest BCUT2D eigenvalue weighted by Crippen LogP contribution is 2.55. The van der Waals surface area contributed by atoms with Gasteiger partial charge in [0, 0.05) is 0 Å². The summed E-state index contributed by atoms with van der Waals surface area (Å²) in [5.41, 5.74) is 3.87. The van der Waals surface area contributed by atoms with Crippen molar-refractivity contribution in [1.82, 2.24) is 0 Å². The molecule has 0 heterocycles. The van der Waals surface area contributed by atoms with Gasteiger partial charge in [-0.2, -0.15) is 0 Å². The number of fused-ring (bicyclic) bond motifs is 1. The summed E-state index contributed by atoms with van der Waals surface area (Å²) in [6.45, 7) is -0.0759. The number of allylic oxidation sites excluding steroid dienone is 1. The molecular weight excluding hydrogens is 356 g/mol. The van der Waals surface area contributed by atoms with E-state index in [-0.39, 0.29) is 6.61 Å². The number of hydrogen-bond donors (Lipinski definition) is 1. The van der Waals surface area contributed by atoms with Crippen molar-refractivity contribution in [2.24, 2.45) is 0 Å². The zero-order valence-electron chi connectivity index (χ0n) is 15.3. The number of hydrogen-bond acceptors (Lipinski definition) is 3. The first-order chi connectivity index (χ1) is 13.1. The molecule has 1 unspecified atom stereocenters. The summed E-state index contributed by atoms with van der Waals surface area (Å²) < 4.78 is 26.4. The van der Waals surface area contributed by atoms with Crippen LogP contribution in [0.3, 0.4) is 0 Å². The van der Waals surface area contributed by atoms with Crippen LogP contribution in [0.1, 0.15) is 37.7 Å². The molecule has 3 nitrogen and oxygen atoms in total. The molecule has 1 atom stereocenters. The topological polar surface area (TPSA) is 54.4 Å². The summed E-state index contributed by atoms with van der Waals surface area (Å²) in [5, 5.41) is 9.87. The maximum absolute atomic E-state index is 13.6. The second kappa shape index (κ2) is 7.10. The SMILES string of the molecule is O=S(=O)(c1ccccc1)C12CCCC/C(=C\c3ccccc3)C1=C(CO)C2. The molecule has 0 spiro atoms. The number of rotatable bonds is 4. The smallest absolute Gasteiger partial charge is 0.188 e. The summed E-state index contributed by atoms with van der Waals surface area (Å²) in [6, 6.07) is 18.8. The lowest BCUT2D eigenvalue weighted by Crippen LogP contribution is -2.48. The average molecular weight is 381 g/mol. The minimum atomic E-state index is -3.53. The van der Waals surface area contributed by atoms with E-state index in [0.717, 1.165) is 41.5 Å². The van der Waals surface area contributed by atoms with E-state index >= 15 is 0 Å². The van der Waals surface area contributed by atoms with Crippen LogP contribution in [0, 0.1) is 0 Å². The Balaban J connectivity index is 1.86. The predicted molar refractivity (Wildman–Crippen MR) is 108 cm³/mol. The van der Waals surface area contributed by atoms with Crippen LogP contribution in [0.5, 0.6) is 0 Å². The van der Waals surface area contributed by atoms with E-state index in [4.69, 9.17) is 0 Å². The molecule has 1 saturated carbocycles. The molecule has 1 fully saturated rings. The Labute approximate surface area is 161 Å². The van der Waals surface area contributed by atoms with Crippen molar-refractivity contribution in [3.63, 3.8) is 0 Å². The molecule has 140 valence electrons. The quantitative estimate of drug-likeness (QED) is 0.847. The van der Waals surface area contributed by atoms with Crippen LogP contribution < -0.4 is 0 Å². The highest BCUT2D eigenvalue weighted by molar-refractivity contribution is 7.93. The first-order valence-electron chi connectivity index (χ1n) is 9.47. The van der Waals surface area contributed by atoms with Crippen LogP contribution in [0.4, 0.5) is 0 Å². The van der Waals surface area contributed by atoms with Crippen molar-refractivity contribution < 1.29 is 13.5 Å². The second-order valence-electron chi connectivity index (χ2n) is 7.41. The van der Waals surface area contributed by atoms with E-state index in [1.54, 1.807) is 24.3 Å². The fraction of sp³-hybridized carbons (Fsp3) is 0.304. The monoisotopic (exact) mass is 380 g/mol. The van der Waals surface area contributed by atoms with Crippen LogP contribution in [-0.4, -0.2) is 24.9 Å². The van der Waals surface area contributed by atoms with Crippen molar-refractivity contribution >= 4 is 15.9 Å². The fourth-order valence-corrected chi connectivity index (χ4v) is 6.83. The molecule has 4 rings (SSSR count). The summed E-state index contributed by atoms with van der Waals surface area (Å²) in [7, 11) is -3.53. The Morgan fingerprint density at radius 3 is 2.30 bits per heavy atom. The Kier molecular flexibility index (Phi) is 4.79. The zero-order chi connectivity index (χ0) is 18.9. The maximum atomic E-state index is 13.6. The van der Waals surface area contributed by atoms with Crippen molar-refractivity contribution in [3.05, 3.63) is 82.9 Å². The normalized spacial score (nSPS) is 24.3. The number of sulfone groups is 1. The van der Waals surface area contributed by atoms with Gasteiger partial charge >= 0.3 is 0 Å². The zero-order valence-corrected chi connectivity index (χ0v) is 16.1. The van der Waals surface area contributed by atoms with Crippen LogP contribution in [-0.2, 0) is 9.84 Å². The van der Waals surface area contributed by atoms with Gasteiger partial charge in [-0.05, 0) is 60.1 Å². The third kappa shape index (κ3) is 2.97. The fourth-order valence-electron chi connectivity index (χ4n) is 4.54. The molecule has 0 aromatic heterocycles. The molecule has 0 aliphatic heterocycles. The van der Waals surface area contributed by atoms with Gasteiger partial charge in [-0.15, -0.1) is 0 Å². The molecule has 27 heavy (non-hydrogen) atoms. The van der Waals surface area contributed by atoms with Crippen molar-refractivity contribution in [2.45, 2.75) is 41.7 Å². The van der Waals surface area contributed by atoms with Gasteiger partial charge in [-0.3, -0.25) is 0 Å². The van der Waals surface area contributed by atoms with Crippen LogP contribution >= 0.6 is 0 Å². The molecule has 1 N–H and O–H groups in total. The van der Waals surface area contributed by atoms with Crippen LogP contribution in [0.15, 0.2) is 82.3 Å². The van der Waals surface area contributed by atoms with Crippen LogP contribution in [0.2, 0.25) is 0 Å². The van der Waals surface area contributed by atoms with Crippen molar-refractivity contribution in [2.75, 3.05) is 6.61 Å². The molecule has 0 saturated heterocycles. The maximum Gasteiger partial charge on any atom is 0.188 e. The highest BCUT2D eigenvalue weighted by atomic mass is 32.2. The summed E-state index contributed by atoms with van der Waals surface area (Å²) >= 11 is 0. The van der Waals surface area contributed by atoms with E-state index in [9.17, 15) is 13.5 Å². The number of benzene rings is 2. The lowest BCUT2D eigenvalue weighted by Gasteiger charge is -2.45. The lowest BCUT2D eigenvalue weighted by molar-refractivity contribution is 0.307. The molecule has 4 heteroatoms. The third-order valence-corrected chi connectivity index (χ3v) is 8.28. The average Bonchev–Trinajstić information content (AvgIpc) is 2.81. The minimum Gasteiger partial charge on any atom is -0.392 e. The van der Waals surface area contributed by atoms with E-state index in [1.807, 2.05) is 36.4 Å². The summed E-state index contributed by atoms with van der Waals surface area (Å²) in [6.07, 6.45) is 5.84. The van der Waals surface area contributed by atoms with Gasteiger partial charge in [0.1, 0.15) is 4.75 Å². The molecule has 2 aliphatic rings. The standard InChI is InChI=1S/C23H24O3S/c24-17-20-16-23(27(25,26)21-12-5-2-6-13-21)14-8-7-11-19(22(20)23)15-18-9-3-1-4-10-18/h1-6,9-10,12-13,15,24H,7-8,11,14,16-17H2/b19-15+. The summed E-state index contributed by atoms with van der Waals surface area (Å²) in [4.78, 5) is 0.375. The first-order valence-corrected chi connectivity index (χ1v) is 11.0. The van der Waals surface area contributed by atoms with Gasteiger partial charge < -0.3 is 5.11 Å². The van der Waals surface area contributed by atoms with Crippen molar-refractivity contribution in [3.8, 4) is 0 Å². The van der Waals surface area contributed by atoms with Crippen molar-refractivity contribution in [1.29, 1.82) is 0 Å². The van der Waals surface area contributed by atoms with Crippen LogP contribution in [0.25, 0.3) is 6.08 Å². The van der Waals surface area contributed by atoms with E-state index in [2.05, 4.69) is 6.08 Å². The van der Waals surface area contributed by atoms with Gasteiger partial charge in [0.2, 0.25) is 0 Å². The van der Waals surface area contributed by atoms with Gasteiger partial charge in [0.05, 0.1) is 11.5 Å². The lowest BCUT2D eigenvalue weighted by atomic mass is 9.71. The Morgan fingerprint density at radius 2 is 1.63 bits per heavy atom. The predicted octanol–water partition coefficient (Wildman–Crippen LogP) is 4.55. The molecule has 2 aromatic rings. The summed E-state index contributed by atoms with van der Waals surface area (Å²) in [5.74, 6) is 0. The molecule has 0 bridgehead atoms. The van der Waals surface area contributed by atoms with Gasteiger partial charge in [0.25, 0.3) is 0 Å². The van der Waals surface area contributed by atoms with E-state index in [0.29, 0.717) is 17.7 Å². The van der Waals surface area contributed by atoms with Gasteiger partial charge in [0.15, 0.2) is 9.84 Å². The molecule has 0 amide bonds. The Bertz CT molecular complexity index is 988. The Morgan fingerprint density at radius 1 is 0.963 bits per heavy atom. The molecule has 2 aliphatic carbocycles. The first kappa shape index (κ1) is 18.2. The molecule has 0 radical (unpaired) electrons.